The quantitative estimate of drug-likeness (QED) is 0.140. The first-order valence-electron chi connectivity index (χ1n) is 10.4. The summed E-state index contributed by atoms with van der Waals surface area (Å²) in [5, 5.41) is 18.6. The van der Waals surface area contributed by atoms with Crippen LogP contribution in [0.3, 0.4) is 0 Å². The van der Waals surface area contributed by atoms with Gasteiger partial charge in [-0.05, 0) is 43.4 Å². The molecule has 2 atom stereocenters. The number of amides is 1. The summed E-state index contributed by atoms with van der Waals surface area (Å²) < 4.78 is 0. The minimum Gasteiger partial charge on any atom is -0.481 e. The van der Waals surface area contributed by atoms with Gasteiger partial charge in [0.05, 0.1) is 17.8 Å². The molecule has 0 aromatic heterocycles. The zero-order valence-corrected chi connectivity index (χ0v) is 18.5. The highest BCUT2D eigenvalue weighted by Crippen LogP contribution is 2.09. The molecule has 0 radical (unpaired) electrons. The lowest BCUT2D eigenvalue weighted by atomic mass is 10.0. The maximum atomic E-state index is 12.0. The highest BCUT2D eigenvalue weighted by Gasteiger charge is 2.19. The third-order valence-corrected chi connectivity index (χ3v) is 4.45. The maximum absolute atomic E-state index is 12.0. The van der Waals surface area contributed by atoms with E-state index in [0.29, 0.717) is 25.2 Å². The summed E-state index contributed by atoms with van der Waals surface area (Å²) in [6, 6.07) is 5.73. The first-order chi connectivity index (χ1) is 14.7. The van der Waals surface area contributed by atoms with E-state index in [9.17, 15) is 14.4 Å². The van der Waals surface area contributed by atoms with Gasteiger partial charge in [0.25, 0.3) is 0 Å². The summed E-state index contributed by atoms with van der Waals surface area (Å²) in [5.41, 5.74) is 8.15. The Kier molecular flexibility index (Phi) is 12.1. The smallest absolute Gasteiger partial charge is 0.303 e. The summed E-state index contributed by atoms with van der Waals surface area (Å²) in [4.78, 5) is 39.3. The fourth-order valence-electron chi connectivity index (χ4n) is 2.67. The molecule has 0 saturated carbocycles. The van der Waals surface area contributed by atoms with Gasteiger partial charge in [0.15, 0.2) is 0 Å². The number of aliphatic carboxylic acids is 1. The Balaban J connectivity index is 2.51. The minimum atomic E-state index is -1.03. The molecule has 0 saturated heterocycles. The average Bonchev–Trinajstić information content (AvgIpc) is 2.73. The van der Waals surface area contributed by atoms with Crippen molar-refractivity contribution in [2.45, 2.75) is 52.1 Å². The third-order valence-electron chi connectivity index (χ3n) is 4.45. The Morgan fingerprint density at radius 3 is 2.52 bits per heavy atom. The number of nitrogens with zero attached hydrogens (tertiary/aromatic N) is 1. The maximum Gasteiger partial charge on any atom is 0.303 e. The van der Waals surface area contributed by atoms with Crippen molar-refractivity contribution in [1.29, 1.82) is 0 Å². The predicted molar refractivity (Wildman–Crippen MR) is 119 cm³/mol. The number of hydrogen-bond acceptors (Lipinski definition) is 7. The van der Waals surface area contributed by atoms with Crippen LogP contribution in [-0.2, 0) is 25.6 Å². The second kappa shape index (κ2) is 14.3. The van der Waals surface area contributed by atoms with Gasteiger partial charge < -0.3 is 31.1 Å². The Hall–Kier alpha value is -2.78. The summed E-state index contributed by atoms with van der Waals surface area (Å²) in [6.07, 6.45) is 0.746. The standard InChI is InChI=1S/C22H34N4O5/c1-15(2)13-24-10-11-31-26-16(3)18-6-4-17(5-7-18)12-19(14-27)25-22(30)20(23)8-9-21(28)29/h4-7,14-15,19-20,24H,8-13,23H2,1-3H3,(H,25,30)(H,28,29)/b26-16+/t19-,20+/m0/s1. The topological polar surface area (TPSA) is 143 Å². The van der Waals surface area contributed by atoms with Crippen molar-refractivity contribution in [2.24, 2.45) is 16.8 Å². The third kappa shape index (κ3) is 11.3. The molecule has 0 spiro atoms. The molecule has 0 bridgehead atoms. The lowest BCUT2D eigenvalue weighted by Crippen LogP contribution is -2.47. The first-order valence-corrected chi connectivity index (χ1v) is 10.4. The van der Waals surface area contributed by atoms with Crippen LogP contribution in [0.15, 0.2) is 29.4 Å². The SMILES string of the molecule is C/C(=N\OCCNCC(C)C)c1ccc(C[C@@H](C=O)NC(=O)[C@H](N)CCC(=O)O)cc1. The number of benzene rings is 1. The number of carboxylic acids is 1. The molecule has 0 fully saturated rings. The van der Waals surface area contributed by atoms with Crippen LogP contribution in [0.25, 0.3) is 0 Å². The first kappa shape index (κ1) is 26.3. The van der Waals surface area contributed by atoms with Gasteiger partial charge in [-0.1, -0.05) is 43.3 Å². The van der Waals surface area contributed by atoms with Crippen molar-refractivity contribution in [3.05, 3.63) is 35.4 Å². The van der Waals surface area contributed by atoms with Gasteiger partial charge in [0, 0.05) is 13.0 Å². The van der Waals surface area contributed by atoms with E-state index in [1.807, 2.05) is 31.2 Å². The van der Waals surface area contributed by atoms with Crippen LogP contribution >= 0.6 is 0 Å². The number of aldehydes is 1. The number of nitrogens with two attached hydrogens (primary N) is 1. The van der Waals surface area contributed by atoms with Gasteiger partial charge >= 0.3 is 5.97 Å². The van der Waals surface area contributed by atoms with E-state index in [0.717, 1.165) is 29.9 Å². The summed E-state index contributed by atoms with van der Waals surface area (Å²) in [6.45, 7) is 8.28. The Morgan fingerprint density at radius 1 is 1.26 bits per heavy atom. The van der Waals surface area contributed by atoms with Gasteiger partial charge in [-0.2, -0.15) is 0 Å². The number of nitrogens with one attached hydrogen (secondary N) is 2. The van der Waals surface area contributed by atoms with Gasteiger partial charge in [0.1, 0.15) is 12.9 Å². The highest BCUT2D eigenvalue weighted by atomic mass is 16.6. The second-order valence-corrected chi connectivity index (χ2v) is 7.80. The van der Waals surface area contributed by atoms with Crippen LogP contribution in [0.5, 0.6) is 0 Å². The van der Waals surface area contributed by atoms with Crippen LogP contribution < -0.4 is 16.4 Å². The summed E-state index contributed by atoms with van der Waals surface area (Å²) in [5.74, 6) is -0.982. The molecule has 0 aliphatic heterocycles. The van der Waals surface area contributed by atoms with Crippen molar-refractivity contribution in [1.82, 2.24) is 10.6 Å². The number of carbonyl (C=O) groups excluding carboxylic acids is 2. The lowest BCUT2D eigenvalue weighted by Gasteiger charge is -2.16. The second-order valence-electron chi connectivity index (χ2n) is 7.80. The summed E-state index contributed by atoms with van der Waals surface area (Å²) in [7, 11) is 0. The van der Waals surface area contributed by atoms with Crippen LogP contribution in [-0.4, -0.2) is 60.8 Å². The predicted octanol–water partition coefficient (Wildman–Crippen LogP) is 1.09. The molecule has 1 aromatic carbocycles. The molecule has 0 aliphatic rings. The molecule has 0 aliphatic carbocycles. The molecule has 5 N–H and O–H groups in total. The fourth-order valence-corrected chi connectivity index (χ4v) is 2.67. The van der Waals surface area contributed by atoms with Crippen molar-refractivity contribution < 1.29 is 24.3 Å². The van der Waals surface area contributed by atoms with E-state index in [2.05, 4.69) is 29.6 Å². The van der Waals surface area contributed by atoms with Crippen LogP contribution in [0.1, 0.15) is 44.7 Å². The molecule has 1 aromatic rings. The number of hydrogen-bond donors (Lipinski definition) is 4. The van der Waals surface area contributed by atoms with Gasteiger partial charge in [0.2, 0.25) is 5.91 Å². The molecule has 9 nitrogen and oxygen atoms in total. The monoisotopic (exact) mass is 434 g/mol. The van der Waals surface area contributed by atoms with Crippen molar-refractivity contribution in [2.75, 3.05) is 19.7 Å². The Bertz CT molecular complexity index is 734. The van der Waals surface area contributed by atoms with Crippen molar-refractivity contribution in [3.8, 4) is 0 Å². The summed E-state index contributed by atoms with van der Waals surface area (Å²) >= 11 is 0. The number of rotatable bonds is 15. The number of carboxylic acid groups (broad SMARTS) is 1. The largest absolute Gasteiger partial charge is 0.481 e. The highest BCUT2D eigenvalue weighted by molar-refractivity contribution is 5.98. The zero-order chi connectivity index (χ0) is 23.2. The van der Waals surface area contributed by atoms with Gasteiger partial charge in [-0.25, -0.2) is 0 Å². The lowest BCUT2D eigenvalue weighted by molar-refractivity contribution is -0.137. The van der Waals surface area contributed by atoms with Gasteiger partial charge in [-0.3, -0.25) is 9.59 Å². The number of carbonyl (C=O) groups is 3. The van der Waals surface area contributed by atoms with E-state index in [-0.39, 0.29) is 12.8 Å². The van der Waals surface area contributed by atoms with E-state index in [4.69, 9.17) is 15.7 Å². The molecule has 9 heteroatoms. The molecular weight excluding hydrogens is 400 g/mol. The van der Waals surface area contributed by atoms with Crippen LogP contribution in [0.4, 0.5) is 0 Å². The molecule has 0 heterocycles. The molecule has 172 valence electrons. The van der Waals surface area contributed by atoms with E-state index >= 15 is 0 Å². The van der Waals surface area contributed by atoms with Crippen LogP contribution in [0, 0.1) is 5.92 Å². The van der Waals surface area contributed by atoms with E-state index in [1.54, 1.807) is 0 Å². The Labute approximate surface area is 183 Å². The molecule has 31 heavy (non-hydrogen) atoms. The molecule has 1 amide bonds. The zero-order valence-electron chi connectivity index (χ0n) is 18.5. The minimum absolute atomic E-state index is 0.00983. The van der Waals surface area contributed by atoms with Crippen LogP contribution in [0.2, 0.25) is 0 Å². The number of oxime groups is 1. The van der Waals surface area contributed by atoms with E-state index < -0.39 is 24.0 Å². The fraction of sp³-hybridized carbons (Fsp3) is 0.545. The molecule has 0 unspecified atom stereocenters. The Morgan fingerprint density at radius 2 is 1.94 bits per heavy atom. The van der Waals surface area contributed by atoms with Crippen molar-refractivity contribution >= 4 is 23.9 Å². The normalized spacial score (nSPS) is 13.5. The van der Waals surface area contributed by atoms with E-state index in [1.165, 1.54) is 0 Å². The van der Waals surface area contributed by atoms with Crippen molar-refractivity contribution in [3.63, 3.8) is 0 Å². The molecule has 1 rings (SSSR count). The molecular formula is C22H34N4O5. The van der Waals surface area contributed by atoms with Gasteiger partial charge in [-0.15, -0.1) is 0 Å². The average molecular weight is 435 g/mol.